The van der Waals surface area contributed by atoms with Gasteiger partial charge in [-0.3, -0.25) is 4.79 Å². The van der Waals surface area contributed by atoms with Crippen LogP contribution in [0, 0.1) is 5.82 Å². The third kappa shape index (κ3) is 3.11. The van der Waals surface area contributed by atoms with Gasteiger partial charge in [0.25, 0.3) is 0 Å². The van der Waals surface area contributed by atoms with Crippen LogP contribution < -0.4 is 5.73 Å². The molecular formula is C22H17FN2O4. The van der Waals surface area contributed by atoms with Crippen LogP contribution in [0.5, 0.6) is 0 Å². The number of carbonyl (C=O) groups is 2. The number of halogens is 1. The molecule has 0 aliphatic rings. The fourth-order valence-electron chi connectivity index (χ4n) is 3.77. The van der Waals surface area contributed by atoms with Crippen molar-refractivity contribution in [2.75, 3.05) is 0 Å². The molecule has 29 heavy (non-hydrogen) atoms. The number of rotatable bonds is 5. The Labute approximate surface area is 164 Å². The largest absolute Gasteiger partial charge is 0.479 e. The third-order valence-corrected chi connectivity index (χ3v) is 4.97. The summed E-state index contributed by atoms with van der Waals surface area (Å²) >= 11 is 0. The van der Waals surface area contributed by atoms with Crippen LogP contribution in [0.15, 0.2) is 60.7 Å². The maximum absolute atomic E-state index is 13.7. The molecule has 0 radical (unpaired) electrons. The van der Waals surface area contributed by atoms with E-state index in [1.807, 2.05) is 4.57 Å². The Morgan fingerprint density at radius 2 is 1.66 bits per heavy atom. The van der Waals surface area contributed by atoms with Gasteiger partial charge in [0.05, 0.1) is 5.52 Å². The highest BCUT2D eigenvalue weighted by Gasteiger charge is 2.24. The SMILES string of the molecule is NC(=O)c1cccc2c1c1c(C(O)C(=O)O)cccc1n2Cc1cccc(F)c1. The average molecular weight is 392 g/mol. The van der Waals surface area contributed by atoms with Gasteiger partial charge in [-0.15, -0.1) is 0 Å². The van der Waals surface area contributed by atoms with Gasteiger partial charge in [-0.2, -0.15) is 0 Å². The molecule has 0 aliphatic carbocycles. The standard InChI is InChI=1S/C22H17FN2O4/c23-13-5-1-4-12(10-13)11-25-16-8-2-6-14(20(26)22(28)29)18(16)19-15(21(24)27)7-3-9-17(19)25/h1-10,20,26H,11H2,(H2,24,27)(H,28,29). The number of aliphatic hydroxyl groups is 1. The van der Waals surface area contributed by atoms with Gasteiger partial charge >= 0.3 is 5.97 Å². The molecule has 0 aliphatic heterocycles. The van der Waals surface area contributed by atoms with Gasteiger partial charge in [0.1, 0.15) is 5.82 Å². The fourth-order valence-corrected chi connectivity index (χ4v) is 3.77. The van der Waals surface area contributed by atoms with Crippen molar-refractivity contribution in [3.63, 3.8) is 0 Å². The lowest BCUT2D eigenvalue weighted by molar-refractivity contribution is -0.146. The first-order valence-electron chi connectivity index (χ1n) is 8.87. The lowest BCUT2D eigenvalue weighted by Gasteiger charge is -2.10. The maximum Gasteiger partial charge on any atom is 0.337 e. The number of carboxylic acids is 1. The quantitative estimate of drug-likeness (QED) is 0.485. The normalized spacial score (nSPS) is 12.3. The highest BCUT2D eigenvalue weighted by Crippen LogP contribution is 2.36. The summed E-state index contributed by atoms with van der Waals surface area (Å²) in [6.45, 7) is 0.284. The van der Waals surface area contributed by atoms with Crippen LogP contribution in [0.4, 0.5) is 4.39 Å². The number of primary amides is 1. The predicted molar refractivity (Wildman–Crippen MR) is 106 cm³/mol. The molecule has 146 valence electrons. The van der Waals surface area contributed by atoms with Crippen molar-refractivity contribution in [1.29, 1.82) is 0 Å². The monoisotopic (exact) mass is 392 g/mol. The summed E-state index contributed by atoms with van der Waals surface area (Å²) in [7, 11) is 0. The van der Waals surface area contributed by atoms with Gasteiger partial charge in [0.15, 0.2) is 6.10 Å². The minimum atomic E-state index is -1.77. The second-order valence-electron chi connectivity index (χ2n) is 6.76. The van der Waals surface area contributed by atoms with Gasteiger partial charge in [-0.1, -0.05) is 30.3 Å². The van der Waals surface area contributed by atoms with E-state index in [9.17, 15) is 24.2 Å². The Kier molecular flexibility index (Phi) is 4.52. The number of amides is 1. The molecule has 1 unspecified atom stereocenters. The van der Waals surface area contributed by atoms with Crippen molar-refractivity contribution in [2.45, 2.75) is 12.6 Å². The highest BCUT2D eigenvalue weighted by molar-refractivity contribution is 6.19. The zero-order chi connectivity index (χ0) is 20.7. The fraction of sp³-hybridized carbons (Fsp3) is 0.0909. The summed E-state index contributed by atoms with van der Waals surface area (Å²) in [5.74, 6) is -2.44. The van der Waals surface area contributed by atoms with E-state index in [1.165, 1.54) is 18.2 Å². The van der Waals surface area contributed by atoms with E-state index in [2.05, 4.69) is 0 Å². The molecule has 4 rings (SSSR count). The topological polar surface area (TPSA) is 106 Å². The number of hydrogen-bond acceptors (Lipinski definition) is 3. The van der Waals surface area contributed by atoms with Crippen LogP contribution in [-0.4, -0.2) is 26.7 Å². The molecule has 0 spiro atoms. The molecule has 0 bridgehead atoms. The van der Waals surface area contributed by atoms with Crippen molar-refractivity contribution in [1.82, 2.24) is 4.57 Å². The Bertz CT molecular complexity index is 1280. The number of carboxylic acid groups (broad SMARTS) is 1. The molecule has 1 atom stereocenters. The number of carbonyl (C=O) groups excluding carboxylic acids is 1. The Balaban J connectivity index is 2.10. The number of aliphatic hydroxyl groups excluding tert-OH is 1. The molecule has 1 heterocycles. The second kappa shape index (κ2) is 7.03. The van der Waals surface area contributed by atoms with Crippen molar-refractivity contribution in [3.8, 4) is 0 Å². The highest BCUT2D eigenvalue weighted by atomic mass is 19.1. The molecule has 0 saturated heterocycles. The first-order chi connectivity index (χ1) is 13.9. The Morgan fingerprint density at radius 1 is 1.00 bits per heavy atom. The summed E-state index contributed by atoms with van der Waals surface area (Å²) in [6.07, 6.45) is -1.77. The summed E-state index contributed by atoms with van der Waals surface area (Å²) in [4.78, 5) is 23.5. The summed E-state index contributed by atoms with van der Waals surface area (Å²) < 4.78 is 15.5. The summed E-state index contributed by atoms with van der Waals surface area (Å²) in [6, 6.07) is 16.0. The molecular weight excluding hydrogens is 375 g/mol. The average Bonchev–Trinajstić information content (AvgIpc) is 3.01. The van der Waals surface area contributed by atoms with Gasteiger partial charge in [-0.25, -0.2) is 9.18 Å². The minimum absolute atomic E-state index is 0.159. The van der Waals surface area contributed by atoms with Crippen molar-refractivity contribution < 1.29 is 24.2 Å². The van der Waals surface area contributed by atoms with Gasteiger partial charge in [0.2, 0.25) is 5.91 Å². The van der Waals surface area contributed by atoms with Gasteiger partial charge < -0.3 is 20.5 Å². The molecule has 6 nitrogen and oxygen atoms in total. The van der Waals surface area contributed by atoms with Crippen molar-refractivity contribution >= 4 is 33.7 Å². The van der Waals surface area contributed by atoms with E-state index in [4.69, 9.17) is 5.73 Å². The number of nitrogens with zero attached hydrogens (tertiary/aromatic N) is 1. The smallest absolute Gasteiger partial charge is 0.337 e. The zero-order valence-corrected chi connectivity index (χ0v) is 15.2. The zero-order valence-electron chi connectivity index (χ0n) is 15.2. The molecule has 1 aromatic heterocycles. The lowest BCUT2D eigenvalue weighted by Crippen LogP contribution is -2.12. The molecule has 4 N–H and O–H groups in total. The van der Waals surface area contributed by atoms with Gasteiger partial charge in [0, 0.05) is 34.0 Å². The van der Waals surface area contributed by atoms with Crippen molar-refractivity contribution in [3.05, 3.63) is 83.2 Å². The van der Waals surface area contributed by atoms with E-state index >= 15 is 0 Å². The van der Waals surface area contributed by atoms with E-state index in [1.54, 1.807) is 42.5 Å². The second-order valence-corrected chi connectivity index (χ2v) is 6.76. The summed E-state index contributed by atoms with van der Waals surface area (Å²) in [5.41, 5.74) is 7.87. The summed E-state index contributed by atoms with van der Waals surface area (Å²) in [5, 5.41) is 20.5. The molecule has 7 heteroatoms. The maximum atomic E-state index is 13.7. The van der Waals surface area contributed by atoms with E-state index in [0.717, 1.165) is 0 Å². The van der Waals surface area contributed by atoms with Gasteiger partial charge in [-0.05, 0) is 35.9 Å². The molecule has 3 aromatic carbocycles. The number of aliphatic carboxylic acids is 1. The number of benzene rings is 3. The third-order valence-electron chi connectivity index (χ3n) is 4.97. The predicted octanol–water partition coefficient (Wildman–Crippen LogP) is 3.20. The van der Waals surface area contributed by atoms with E-state index < -0.39 is 18.0 Å². The van der Waals surface area contributed by atoms with Crippen LogP contribution in [0.3, 0.4) is 0 Å². The first kappa shape index (κ1) is 18.6. The van der Waals surface area contributed by atoms with Crippen molar-refractivity contribution in [2.24, 2.45) is 5.73 Å². The lowest BCUT2D eigenvalue weighted by atomic mass is 9.99. The number of fused-ring (bicyclic) bond motifs is 3. The van der Waals surface area contributed by atoms with Crippen LogP contribution in [0.2, 0.25) is 0 Å². The van der Waals surface area contributed by atoms with E-state index in [0.29, 0.717) is 27.4 Å². The minimum Gasteiger partial charge on any atom is -0.479 e. The van der Waals surface area contributed by atoms with Crippen LogP contribution in [-0.2, 0) is 11.3 Å². The molecule has 0 fully saturated rings. The Hall–Kier alpha value is -3.71. The first-order valence-corrected chi connectivity index (χ1v) is 8.87. The van der Waals surface area contributed by atoms with E-state index in [-0.39, 0.29) is 23.5 Å². The molecule has 0 saturated carbocycles. The van der Waals surface area contributed by atoms with Crippen LogP contribution in [0.25, 0.3) is 21.8 Å². The molecule has 4 aromatic rings. The van der Waals surface area contributed by atoms with Crippen LogP contribution >= 0.6 is 0 Å². The number of aromatic nitrogens is 1. The molecule has 1 amide bonds. The number of hydrogen-bond donors (Lipinski definition) is 3. The number of nitrogens with two attached hydrogens (primary N) is 1. The Morgan fingerprint density at radius 3 is 2.31 bits per heavy atom. The van der Waals surface area contributed by atoms with Crippen LogP contribution in [0.1, 0.15) is 27.6 Å².